The summed E-state index contributed by atoms with van der Waals surface area (Å²) in [5.74, 6) is 1.61. The lowest BCUT2D eigenvalue weighted by Gasteiger charge is -2.18. The van der Waals surface area contributed by atoms with E-state index in [2.05, 4.69) is 23.2 Å². The van der Waals surface area contributed by atoms with Gasteiger partial charge >= 0.3 is 0 Å². The molecule has 0 aliphatic heterocycles. The van der Waals surface area contributed by atoms with Gasteiger partial charge in [0, 0.05) is 30.4 Å². The maximum atomic E-state index is 5.36. The third-order valence-electron chi connectivity index (χ3n) is 2.61. The number of hydrogen-bond donors (Lipinski definition) is 0. The number of aliphatic imine (C=N–C) groups is 1. The number of benzene rings is 1. The van der Waals surface area contributed by atoms with Crippen LogP contribution >= 0.6 is 0 Å². The zero-order valence-corrected chi connectivity index (χ0v) is 11.3. The predicted molar refractivity (Wildman–Crippen MR) is 74.6 cm³/mol. The Morgan fingerprint density at radius 2 is 2.06 bits per heavy atom. The van der Waals surface area contributed by atoms with Crippen LogP contribution in [0.15, 0.2) is 35.5 Å². The van der Waals surface area contributed by atoms with Crippen molar-refractivity contribution in [1.82, 2.24) is 4.90 Å². The SMILES string of the molecule is C=NC(=C)CN(C)Cc1ccc(OC)cc1OC. The zero-order valence-electron chi connectivity index (χ0n) is 11.3. The van der Waals surface area contributed by atoms with E-state index in [9.17, 15) is 0 Å². The molecule has 1 rings (SSSR count). The van der Waals surface area contributed by atoms with Crippen LogP contribution in [0.2, 0.25) is 0 Å². The van der Waals surface area contributed by atoms with Crippen LogP contribution in [0, 0.1) is 0 Å². The number of hydrogen-bond acceptors (Lipinski definition) is 4. The van der Waals surface area contributed by atoms with Gasteiger partial charge in [-0.05, 0) is 19.8 Å². The van der Waals surface area contributed by atoms with Crippen molar-refractivity contribution in [1.29, 1.82) is 0 Å². The Bertz CT molecular complexity index is 430. The summed E-state index contributed by atoms with van der Waals surface area (Å²) in [6.07, 6.45) is 0. The first-order valence-electron chi connectivity index (χ1n) is 5.64. The van der Waals surface area contributed by atoms with Crippen LogP contribution in [0.25, 0.3) is 0 Å². The number of likely N-dealkylation sites (N-methyl/N-ethyl adjacent to an activating group) is 1. The third-order valence-corrected chi connectivity index (χ3v) is 2.61. The van der Waals surface area contributed by atoms with Crippen molar-refractivity contribution in [3.63, 3.8) is 0 Å². The maximum Gasteiger partial charge on any atom is 0.127 e. The highest BCUT2D eigenvalue weighted by Gasteiger charge is 2.08. The molecule has 4 nitrogen and oxygen atoms in total. The van der Waals surface area contributed by atoms with Crippen molar-refractivity contribution < 1.29 is 9.47 Å². The lowest BCUT2D eigenvalue weighted by Crippen LogP contribution is -2.20. The van der Waals surface area contributed by atoms with Crippen molar-refractivity contribution in [3.8, 4) is 11.5 Å². The Morgan fingerprint density at radius 3 is 2.61 bits per heavy atom. The minimum absolute atomic E-state index is 0.679. The fourth-order valence-electron chi connectivity index (χ4n) is 1.69. The molecule has 0 aliphatic rings. The molecular weight excluding hydrogens is 228 g/mol. The molecule has 1 aromatic carbocycles. The van der Waals surface area contributed by atoms with Crippen molar-refractivity contribution in [2.24, 2.45) is 4.99 Å². The fraction of sp³-hybridized carbons (Fsp3) is 0.357. The number of nitrogens with zero attached hydrogens (tertiary/aromatic N) is 2. The summed E-state index contributed by atoms with van der Waals surface area (Å²) in [7, 11) is 5.29. The second kappa shape index (κ2) is 6.81. The summed E-state index contributed by atoms with van der Waals surface area (Å²) in [5.41, 5.74) is 1.85. The number of ether oxygens (including phenoxy) is 2. The largest absolute Gasteiger partial charge is 0.497 e. The molecule has 0 unspecified atom stereocenters. The monoisotopic (exact) mass is 248 g/mol. The molecular formula is C14H20N2O2. The highest BCUT2D eigenvalue weighted by molar-refractivity contribution is 5.40. The Balaban J connectivity index is 2.77. The minimum Gasteiger partial charge on any atom is -0.497 e. The van der Waals surface area contributed by atoms with E-state index in [4.69, 9.17) is 9.47 Å². The molecule has 0 heterocycles. The van der Waals surface area contributed by atoms with E-state index >= 15 is 0 Å². The summed E-state index contributed by atoms with van der Waals surface area (Å²) < 4.78 is 10.5. The minimum atomic E-state index is 0.679. The van der Waals surface area contributed by atoms with Crippen molar-refractivity contribution in [2.75, 3.05) is 27.8 Å². The predicted octanol–water partition coefficient (Wildman–Crippen LogP) is 2.35. The van der Waals surface area contributed by atoms with Crippen LogP contribution in [-0.4, -0.2) is 39.4 Å². The third kappa shape index (κ3) is 3.89. The van der Waals surface area contributed by atoms with Gasteiger partial charge in [-0.1, -0.05) is 12.6 Å². The summed E-state index contributed by atoms with van der Waals surface area (Å²) in [6.45, 7) is 8.69. The van der Waals surface area contributed by atoms with Gasteiger partial charge in [0.2, 0.25) is 0 Å². The zero-order chi connectivity index (χ0) is 13.5. The maximum absolute atomic E-state index is 5.36. The van der Waals surface area contributed by atoms with E-state index in [-0.39, 0.29) is 0 Å². The van der Waals surface area contributed by atoms with E-state index in [1.54, 1.807) is 14.2 Å². The quantitative estimate of drug-likeness (QED) is 0.695. The molecule has 0 saturated carbocycles. The molecule has 0 atom stereocenters. The van der Waals surface area contributed by atoms with Crippen LogP contribution in [0.5, 0.6) is 11.5 Å². The molecule has 0 N–H and O–H groups in total. The second-order valence-corrected chi connectivity index (χ2v) is 4.07. The summed E-state index contributed by atoms with van der Waals surface area (Å²) in [4.78, 5) is 5.90. The molecule has 98 valence electrons. The first-order valence-corrected chi connectivity index (χ1v) is 5.64. The van der Waals surface area contributed by atoms with Crippen LogP contribution in [0.1, 0.15) is 5.56 Å². The molecule has 0 bridgehead atoms. The van der Waals surface area contributed by atoms with E-state index in [0.717, 1.165) is 29.3 Å². The highest BCUT2D eigenvalue weighted by Crippen LogP contribution is 2.25. The van der Waals surface area contributed by atoms with E-state index in [1.165, 1.54) is 0 Å². The van der Waals surface area contributed by atoms with E-state index in [1.807, 2.05) is 25.2 Å². The second-order valence-electron chi connectivity index (χ2n) is 4.07. The van der Waals surface area contributed by atoms with Gasteiger partial charge in [-0.2, -0.15) is 0 Å². The molecule has 0 fully saturated rings. The van der Waals surface area contributed by atoms with E-state index < -0.39 is 0 Å². The average Bonchev–Trinajstić information content (AvgIpc) is 2.38. The highest BCUT2D eigenvalue weighted by atomic mass is 16.5. The van der Waals surface area contributed by atoms with Crippen molar-refractivity contribution in [3.05, 3.63) is 36.0 Å². The summed E-state index contributed by atoms with van der Waals surface area (Å²) in [5, 5.41) is 0. The van der Waals surface area contributed by atoms with E-state index in [0.29, 0.717) is 6.54 Å². The first kappa shape index (κ1) is 14.3. The number of methoxy groups -OCH3 is 2. The molecule has 0 spiro atoms. The van der Waals surface area contributed by atoms with Crippen LogP contribution in [0.4, 0.5) is 0 Å². The van der Waals surface area contributed by atoms with Gasteiger partial charge in [-0.25, -0.2) is 0 Å². The topological polar surface area (TPSA) is 34.1 Å². The van der Waals surface area contributed by atoms with Crippen LogP contribution in [-0.2, 0) is 6.54 Å². The molecule has 0 saturated heterocycles. The molecule has 18 heavy (non-hydrogen) atoms. The van der Waals surface area contributed by atoms with Crippen LogP contribution in [0.3, 0.4) is 0 Å². The molecule has 0 aromatic heterocycles. The number of rotatable bonds is 7. The Morgan fingerprint density at radius 1 is 1.33 bits per heavy atom. The Labute approximate surface area is 109 Å². The lowest BCUT2D eigenvalue weighted by molar-refractivity contribution is 0.338. The lowest BCUT2D eigenvalue weighted by atomic mass is 10.1. The van der Waals surface area contributed by atoms with Gasteiger partial charge in [-0.3, -0.25) is 9.89 Å². The first-order chi connectivity index (χ1) is 8.60. The normalized spacial score (nSPS) is 10.2. The van der Waals surface area contributed by atoms with Crippen molar-refractivity contribution >= 4 is 6.72 Å². The van der Waals surface area contributed by atoms with Crippen molar-refractivity contribution in [2.45, 2.75) is 6.54 Å². The van der Waals surface area contributed by atoms with Gasteiger partial charge in [0.05, 0.1) is 14.2 Å². The van der Waals surface area contributed by atoms with Gasteiger partial charge in [0.15, 0.2) is 0 Å². The fourth-order valence-corrected chi connectivity index (χ4v) is 1.69. The standard InChI is InChI=1S/C14H20N2O2/c1-11(15-2)9-16(3)10-12-6-7-13(17-4)8-14(12)18-5/h6-8H,1-2,9-10H2,3-5H3. The molecule has 0 aliphatic carbocycles. The molecule has 0 radical (unpaired) electrons. The van der Waals surface area contributed by atoms with Crippen LogP contribution < -0.4 is 9.47 Å². The Hall–Kier alpha value is -1.81. The smallest absolute Gasteiger partial charge is 0.127 e. The van der Waals surface area contributed by atoms with Gasteiger partial charge < -0.3 is 9.47 Å². The molecule has 0 amide bonds. The van der Waals surface area contributed by atoms with Gasteiger partial charge in [-0.15, -0.1) is 0 Å². The Kier molecular flexibility index (Phi) is 5.39. The summed E-state index contributed by atoms with van der Waals surface area (Å²) in [6, 6.07) is 5.80. The molecule has 4 heteroatoms. The van der Waals surface area contributed by atoms with Gasteiger partial charge in [0.1, 0.15) is 11.5 Å². The average molecular weight is 248 g/mol. The van der Waals surface area contributed by atoms with Gasteiger partial charge in [0.25, 0.3) is 0 Å². The summed E-state index contributed by atoms with van der Waals surface area (Å²) >= 11 is 0. The molecule has 1 aromatic rings.